The molecular weight excluding hydrogens is 390 g/mol. The zero-order chi connectivity index (χ0) is 20.6. The molecule has 0 heterocycles. The minimum absolute atomic E-state index is 0.0573. The van der Waals surface area contributed by atoms with E-state index in [1.807, 2.05) is 30.3 Å². The second-order valence-electron chi connectivity index (χ2n) is 6.25. The molecule has 3 rings (SSSR count). The molecule has 1 unspecified atom stereocenters. The van der Waals surface area contributed by atoms with Crippen LogP contribution in [0, 0.1) is 0 Å². The third kappa shape index (κ3) is 5.36. The molecule has 3 aromatic carbocycles. The Kier molecular flexibility index (Phi) is 6.87. The van der Waals surface area contributed by atoms with Gasteiger partial charge in [-0.25, -0.2) is 0 Å². The molecule has 0 bridgehead atoms. The largest absolute Gasteiger partial charge is 0.493 e. The van der Waals surface area contributed by atoms with Crippen LogP contribution in [0.25, 0.3) is 0 Å². The molecule has 0 aliphatic heterocycles. The Bertz CT molecular complexity index is 991. The van der Waals surface area contributed by atoms with Gasteiger partial charge in [0.15, 0.2) is 11.5 Å². The summed E-state index contributed by atoms with van der Waals surface area (Å²) in [6.07, 6.45) is -0.0573. The predicted molar refractivity (Wildman–Crippen MR) is 111 cm³/mol. The Labute approximate surface area is 174 Å². The highest BCUT2D eigenvalue weighted by Gasteiger charge is 2.22. The van der Waals surface area contributed by atoms with Crippen molar-refractivity contribution in [1.82, 2.24) is 5.32 Å². The molecule has 0 saturated carbocycles. The first-order valence-corrected chi connectivity index (χ1v) is 9.40. The highest BCUT2D eigenvalue weighted by molar-refractivity contribution is 6.33. The zero-order valence-electron chi connectivity index (χ0n) is 15.8. The van der Waals surface area contributed by atoms with Gasteiger partial charge in [-0.2, -0.15) is 0 Å². The SMILES string of the molecule is COc1ccccc1OC(=O)CC(NC(=O)c1ccccc1Cl)c1ccccc1. The van der Waals surface area contributed by atoms with Crippen LogP contribution in [0.5, 0.6) is 11.5 Å². The number of hydrogen-bond donors (Lipinski definition) is 1. The molecule has 1 atom stereocenters. The topological polar surface area (TPSA) is 64.6 Å². The maximum Gasteiger partial charge on any atom is 0.313 e. The molecular formula is C23H20ClNO4. The number of hydrogen-bond acceptors (Lipinski definition) is 4. The molecule has 0 spiro atoms. The number of para-hydroxylation sites is 2. The van der Waals surface area contributed by atoms with E-state index in [1.165, 1.54) is 7.11 Å². The predicted octanol–water partition coefficient (Wildman–Crippen LogP) is 4.82. The fourth-order valence-electron chi connectivity index (χ4n) is 2.85. The summed E-state index contributed by atoms with van der Waals surface area (Å²) < 4.78 is 10.7. The van der Waals surface area contributed by atoms with Crippen molar-refractivity contribution in [2.45, 2.75) is 12.5 Å². The van der Waals surface area contributed by atoms with Gasteiger partial charge in [-0.3, -0.25) is 9.59 Å². The number of methoxy groups -OCH3 is 1. The van der Waals surface area contributed by atoms with Crippen LogP contribution in [0.15, 0.2) is 78.9 Å². The lowest BCUT2D eigenvalue weighted by molar-refractivity contribution is -0.135. The van der Waals surface area contributed by atoms with Gasteiger partial charge in [0, 0.05) is 0 Å². The number of ether oxygens (including phenoxy) is 2. The van der Waals surface area contributed by atoms with Crippen LogP contribution in [0.3, 0.4) is 0 Å². The van der Waals surface area contributed by atoms with Gasteiger partial charge >= 0.3 is 5.97 Å². The van der Waals surface area contributed by atoms with Gasteiger partial charge in [-0.05, 0) is 29.8 Å². The van der Waals surface area contributed by atoms with E-state index in [2.05, 4.69) is 5.32 Å². The van der Waals surface area contributed by atoms with Crippen molar-refractivity contribution < 1.29 is 19.1 Å². The van der Waals surface area contributed by atoms with Gasteiger partial charge in [-0.1, -0.05) is 66.2 Å². The first kappa shape index (κ1) is 20.4. The van der Waals surface area contributed by atoms with Gasteiger partial charge in [0.05, 0.1) is 30.2 Å². The maximum atomic E-state index is 12.7. The molecule has 5 nitrogen and oxygen atoms in total. The highest BCUT2D eigenvalue weighted by atomic mass is 35.5. The molecule has 3 aromatic rings. The number of amides is 1. The average molecular weight is 410 g/mol. The Morgan fingerprint density at radius 3 is 2.21 bits per heavy atom. The average Bonchev–Trinajstić information content (AvgIpc) is 2.74. The summed E-state index contributed by atoms with van der Waals surface area (Å²) in [5.41, 5.74) is 1.12. The van der Waals surface area contributed by atoms with E-state index in [4.69, 9.17) is 21.1 Å². The van der Waals surface area contributed by atoms with E-state index in [-0.39, 0.29) is 12.3 Å². The number of carbonyl (C=O) groups is 2. The van der Waals surface area contributed by atoms with Crippen LogP contribution in [-0.2, 0) is 4.79 Å². The summed E-state index contributed by atoms with van der Waals surface area (Å²) >= 11 is 6.13. The molecule has 1 N–H and O–H groups in total. The molecule has 0 radical (unpaired) electrons. The second-order valence-corrected chi connectivity index (χ2v) is 6.65. The lowest BCUT2D eigenvalue weighted by Crippen LogP contribution is -2.31. The summed E-state index contributed by atoms with van der Waals surface area (Å²) in [5.74, 6) is -0.0844. The van der Waals surface area contributed by atoms with Crippen LogP contribution >= 0.6 is 11.6 Å². The number of esters is 1. The maximum absolute atomic E-state index is 12.7. The normalized spacial score (nSPS) is 11.4. The highest BCUT2D eigenvalue weighted by Crippen LogP contribution is 2.27. The molecule has 148 valence electrons. The minimum atomic E-state index is -0.581. The number of halogens is 1. The molecule has 0 aliphatic rings. The molecule has 0 saturated heterocycles. The third-order valence-electron chi connectivity index (χ3n) is 4.29. The standard InChI is InChI=1S/C23H20ClNO4/c1-28-20-13-7-8-14-21(20)29-22(26)15-19(16-9-3-2-4-10-16)25-23(27)17-11-5-6-12-18(17)24/h2-14,19H,15H2,1H3,(H,25,27). The number of carbonyl (C=O) groups excluding carboxylic acids is 2. The van der Waals surface area contributed by atoms with Gasteiger partial charge in [0.25, 0.3) is 5.91 Å². The van der Waals surface area contributed by atoms with Crippen molar-refractivity contribution in [3.05, 3.63) is 95.0 Å². The van der Waals surface area contributed by atoms with Crippen LogP contribution in [0.4, 0.5) is 0 Å². The van der Waals surface area contributed by atoms with E-state index < -0.39 is 12.0 Å². The Balaban J connectivity index is 1.78. The molecule has 0 fully saturated rings. The van der Waals surface area contributed by atoms with Crippen molar-refractivity contribution in [2.75, 3.05) is 7.11 Å². The molecule has 6 heteroatoms. The van der Waals surface area contributed by atoms with E-state index in [9.17, 15) is 9.59 Å². The molecule has 0 aromatic heterocycles. The lowest BCUT2D eigenvalue weighted by atomic mass is 10.0. The third-order valence-corrected chi connectivity index (χ3v) is 4.62. The summed E-state index contributed by atoms with van der Waals surface area (Å²) in [7, 11) is 1.50. The summed E-state index contributed by atoms with van der Waals surface area (Å²) in [4.78, 5) is 25.3. The second kappa shape index (κ2) is 9.75. The monoisotopic (exact) mass is 409 g/mol. The van der Waals surface area contributed by atoms with Crippen LogP contribution in [0.1, 0.15) is 28.4 Å². The molecule has 0 aliphatic carbocycles. The van der Waals surface area contributed by atoms with Crippen molar-refractivity contribution in [1.29, 1.82) is 0 Å². The minimum Gasteiger partial charge on any atom is -0.493 e. The van der Waals surface area contributed by atoms with Crippen molar-refractivity contribution in [2.24, 2.45) is 0 Å². The zero-order valence-corrected chi connectivity index (χ0v) is 16.6. The summed E-state index contributed by atoms with van der Waals surface area (Å²) in [6.45, 7) is 0. The van der Waals surface area contributed by atoms with Crippen molar-refractivity contribution in [3.63, 3.8) is 0 Å². The molecule has 1 amide bonds. The van der Waals surface area contributed by atoms with Crippen LogP contribution < -0.4 is 14.8 Å². The Morgan fingerprint density at radius 1 is 0.897 bits per heavy atom. The fourth-order valence-corrected chi connectivity index (χ4v) is 3.07. The Morgan fingerprint density at radius 2 is 1.52 bits per heavy atom. The Hall–Kier alpha value is -3.31. The van der Waals surface area contributed by atoms with E-state index in [1.54, 1.807) is 48.5 Å². The number of benzene rings is 3. The first-order valence-electron chi connectivity index (χ1n) is 9.02. The quantitative estimate of drug-likeness (QED) is 0.449. The van der Waals surface area contributed by atoms with E-state index in [0.29, 0.717) is 22.1 Å². The lowest BCUT2D eigenvalue weighted by Gasteiger charge is -2.19. The summed E-state index contributed by atoms with van der Waals surface area (Å²) in [6, 6.07) is 22.3. The first-order chi connectivity index (χ1) is 14.1. The van der Waals surface area contributed by atoms with E-state index in [0.717, 1.165) is 5.56 Å². The number of nitrogens with one attached hydrogen (secondary N) is 1. The fraction of sp³-hybridized carbons (Fsp3) is 0.130. The summed E-state index contributed by atoms with van der Waals surface area (Å²) in [5, 5.41) is 3.22. The van der Waals surface area contributed by atoms with Gasteiger partial charge in [0.1, 0.15) is 0 Å². The van der Waals surface area contributed by atoms with Crippen LogP contribution in [0.2, 0.25) is 5.02 Å². The van der Waals surface area contributed by atoms with Crippen molar-refractivity contribution >= 4 is 23.5 Å². The van der Waals surface area contributed by atoms with E-state index >= 15 is 0 Å². The van der Waals surface area contributed by atoms with Gasteiger partial charge in [-0.15, -0.1) is 0 Å². The molecule has 29 heavy (non-hydrogen) atoms. The van der Waals surface area contributed by atoms with Gasteiger partial charge in [0.2, 0.25) is 0 Å². The number of rotatable bonds is 7. The van der Waals surface area contributed by atoms with Crippen LogP contribution in [-0.4, -0.2) is 19.0 Å². The van der Waals surface area contributed by atoms with Crippen molar-refractivity contribution in [3.8, 4) is 11.5 Å². The smallest absolute Gasteiger partial charge is 0.313 e. The van der Waals surface area contributed by atoms with Gasteiger partial charge < -0.3 is 14.8 Å².